The average molecular weight is 969 g/mol. The van der Waals surface area contributed by atoms with Crippen molar-refractivity contribution in [1.82, 2.24) is 15.1 Å². The maximum Gasteiger partial charge on any atom is 0.446 e. The normalized spacial score (nSPS) is 13.0. The van der Waals surface area contributed by atoms with Crippen LogP contribution in [0.15, 0.2) is 54.6 Å². The van der Waals surface area contributed by atoms with Crippen molar-refractivity contribution in [3.8, 4) is 0 Å². The molecule has 0 saturated carbocycles. The molecule has 0 radical (unpaired) electrons. The Balaban J connectivity index is 0.000000450. The fourth-order valence-electron chi connectivity index (χ4n) is 5.94. The fraction of sp³-hybridized carbons (Fsp3) is 0.478. The van der Waals surface area contributed by atoms with E-state index >= 15 is 0 Å². The quantitative estimate of drug-likeness (QED) is 0.0968. The summed E-state index contributed by atoms with van der Waals surface area (Å²) in [4.78, 5) is 68.5. The van der Waals surface area contributed by atoms with E-state index in [-0.39, 0.29) is 51.2 Å². The summed E-state index contributed by atoms with van der Waals surface area (Å²) >= 11 is 4.81. The van der Waals surface area contributed by atoms with E-state index in [0.29, 0.717) is 31.9 Å². The molecule has 17 nitrogen and oxygen atoms in total. The highest BCUT2D eigenvalue weighted by Crippen LogP contribution is 2.28. The number of halogens is 4. The molecule has 67 heavy (non-hydrogen) atoms. The molecule has 3 aliphatic rings. The molecule has 5 N–H and O–H groups in total. The van der Waals surface area contributed by atoms with E-state index in [0.717, 1.165) is 46.7 Å². The Kier molecular flexibility index (Phi) is 24.5. The van der Waals surface area contributed by atoms with E-state index in [1.165, 1.54) is 32.5 Å². The van der Waals surface area contributed by atoms with E-state index < -0.39 is 28.9 Å². The lowest BCUT2D eigenvalue weighted by molar-refractivity contribution is -0.156. The summed E-state index contributed by atoms with van der Waals surface area (Å²) in [6, 6.07) is 17.3. The van der Waals surface area contributed by atoms with Crippen LogP contribution in [0.4, 0.5) is 39.8 Å². The number of hydrogen-bond acceptors (Lipinski definition) is 13. The third-order valence-electron chi connectivity index (χ3n) is 8.53. The Bertz CT molecular complexity index is 2130. The number of aldehydes is 1. The molecule has 3 aliphatic heterocycles. The predicted molar refractivity (Wildman–Crippen MR) is 248 cm³/mol. The highest BCUT2D eigenvalue weighted by Gasteiger charge is 2.29. The molecule has 3 aromatic rings. The van der Waals surface area contributed by atoms with Gasteiger partial charge >= 0.3 is 18.4 Å². The second kappa shape index (κ2) is 27.7. The number of methoxy groups -OCH3 is 3. The van der Waals surface area contributed by atoms with Gasteiger partial charge in [-0.2, -0.15) is 13.2 Å². The topological polar surface area (TPSA) is 217 Å². The third kappa shape index (κ3) is 23.5. The molecule has 4 amide bonds. The second-order valence-corrected chi connectivity index (χ2v) is 17.1. The van der Waals surface area contributed by atoms with Crippen LogP contribution in [0.2, 0.25) is 0 Å². The molecule has 0 aliphatic carbocycles. The summed E-state index contributed by atoms with van der Waals surface area (Å²) in [7, 11) is 4.40. The van der Waals surface area contributed by atoms with E-state index in [2.05, 4.69) is 20.7 Å². The van der Waals surface area contributed by atoms with Crippen LogP contribution in [-0.4, -0.2) is 104 Å². The van der Waals surface area contributed by atoms with Gasteiger partial charge in [0.15, 0.2) is 0 Å². The number of ether oxygens (including phenoxy) is 5. The highest BCUT2D eigenvalue weighted by molar-refractivity contribution is 6.63. The molecule has 0 aromatic heterocycles. The van der Waals surface area contributed by atoms with E-state index in [1.807, 2.05) is 96.1 Å². The number of alkyl halides is 3. The van der Waals surface area contributed by atoms with Gasteiger partial charge < -0.3 is 45.4 Å². The molecule has 0 unspecified atom stereocenters. The van der Waals surface area contributed by atoms with Crippen LogP contribution in [0.25, 0.3) is 0 Å². The number of nitrogens with one attached hydrogen (secondary N) is 3. The van der Waals surface area contributed by atoms with Crippen molar-refractivity contribution < 1.29 is 65.6 Å². The summed E-state index contributed by atoms with van der Waals surface area (Å²) in [5.41, 5.74) is 13.9. The first-order chi connectivity index (χ1) is 30.8. The van der Waals surface area contributed by atoms with Crippen molar-refractivity contribution in [3.63, 3.8) is 0 Å². The summed E-state index contributed by atoms with van der Waals surface area (Å²) in [6.45, 7) is 15.2. The van der Waals surface area contributed by atoms with E-state index in [1.54, 1.807) is 9.80 Å². The molecule has 0 saturated heterocycles. The van der Waals surface area contributed by atoms with Gasteiger partial charge in [0.25, 0.3) is 0 Å². The smallest absolute Gasteiger partial charge is 0.444 e. The molecule has 6 rings (SSSR count). The minimum absolute atomic E-state index is 0. The Morgan fingerprint density at radius 2 is 1.01 bits per heavy atom. The van der Waals surface area contributed by atoms with Crippen molar-refractivity contribution in [2.75, 3.05) is 57.5 Å². The first kappa shape index (κ1) is 59.2. The zero-order valence-corrected chi connectivity index (χ0v) is 39.4. The number of anilines is 3. The molecule has 3 heterocycles. The molecular formula is C46H64ClF3N6O11. The van der Waals surface area contributed by atoms with Gasteiger partial charge in [0, 0.05) is 77.7 Å². The summed E-state index contributed by atoms with van der Waals surface area (Å²) in [6.07, 6.45) is -6.30. The minimum atomic E-state index is -4.64. The Morgan fingerprint density at radius 1 is 0.642 bits per heavy atom. The number of nitrogens with two attached hydrogens (primary N) is 1. The summed E-state index contributed by atoms with van der Waals surface area (Å²) in [5.74, 6) is -0.326. The fourth-order valence-corrected chi connectivity index (χ4v) is 6.05. The number of nitrogens with zero attached hydrogens (tertiary/aromatic N) is 2. The van der Waals surface area contributed by atoms with Crippen LogP contribution in [0.1, 0.15) is 82.3 Å². The van der Waals surface area contributed by atoms with Gasteiger partial charge in [-0.1, -0.05) is 25.6 Å². The lowest BCUT2D eigenvalue weighted by Crippen LogP contribution is -2.33. The maximum absolute atomic E-state index is 12.1. The number of rotatable bonds is 8. The van der Waals surface area contributed by atoms with Gasteiger partial charge in [-0.05, 0) is 123 Å². The standard InChI is InChI=1S/C16H22N2O4.C13H18N2O2.C11H14N2O2.C3H5ClO2.C2HF3O.CH4/c1-16(2,3)22-15(20)18-8-11-5-6-13(7-12(11)9-18)17-14(19)10-21-4;1-13(2,3)17-12(16)15-7-9-4-5-11(14)6-10(9)8-15;1-15-7-11(14)13-10-3-2-8-5-12-6-9(8)4-10;1-6-2-3(4)5;3-2(4,5)1-6;/h5-7H,8-10H2,1-4H3,(H,17,19);4-6H,7-8,14H2,1-3H3;2-4,12H,5-7H2,1H3,(H,13,14);2H2,1H3;1H;1H4. The molecule has 0 bridgehead atoms. The van der Waals surface area contributed by atoms with Gasteiger partial charge in [-0.15, -0.1) is 0 Å². The molecule has 0 spiro atoms. The van der Waals surface area contributed by atoms with Crippen LogP contribution < -0.4 is 21.7 Å². The van der Waals surface area contributed by atoms with Crippen LogP contribution >= 0.6 is 11.6 Å². The Morgan fingerprint density at radius 3 is 1.40 bits per heavy atom. The zero-order chi connectivity index (χ0) is 49.8. The van der Waals surface area contributed by atoms with Crippen molar-refractivity contribution in [3.05, 3.63) is 88.0 Å². The zero-order valence-electron chi connectivity index (χ0n) is 38.6. The molecule has 21 heteroatoms. The Hall–Kier alpha value is -5.80. The number of benzene rings is 3. The van der Waals surface area contributed by atoms with Crippen molar-refractivity contribution >= 4 is 64.2 Å². The monoisotopic (exact) mass is 968 g/mol. The minimum Gasteiger partial charge on any atom is -0.444 e. The van der Waals surface area contributed by atoms with Crippen LogP contribution in [0.5, 0.6) is 0 Å². The van der Waals surface area contributed by atoms with Crippen LogP contribution in [0.3, 0.4) is 0 Å². The molecule has 0 fully saturated rings. The lowest BCUT2D eigenvalue weighted by Gasteiger charge is -2.24. The molecular weight excluding hydrogens is 905 g/mol. The lowest BCUT2D eigenvalue weighted by atomic mass is 10.1. The molecule has 0 atom stereocenters. The van der Waals surface area contributed by atoms with Crippen molar-refractivity contribution in [1.29, 1.82) is 0 Å². The number of hydrogen-bond donors (Lipinski definition) is 4. The molecule has 3 aromatic carbocycles. The number of carbonyl (C=O) groups is 6. The second-order valence-electron chi connectivity index (χ2n) is 16.7. The average Bonchev–Trinajstić information content (AvgIpc) is 3.96. The van der Waals surface area contributed by atoms with E-state index in [4.69, 9.17) is 41.1 Å². The van der Waals surface area contributed by atoms with Gasteiger partial charge in [-0.25, -0.2) is 9.59 Å². The maximum atomic E-state index is 12.1. The first-order valence-corrected chi connectivity index (χ1v) is 20.7. The van der Waals surface area contributed by atoms with Gasteiger partial charge in [0.1, 0.15) is 31.0 Å². The van der Waals surface area contributed by atoms with E-state index in [9.17, 15) is 37.1 Å². The Labute approximate surface area is 395 Å². The SMILES string of the molecule is C.CC(C)(C)OC(=O)N1Cc2ccc(N)cc2C1.COCC(=O)Cl.COCC(=O)Nc1ccc2c(c1)CN(C(=O)OC(C)(C)C)C2.COCC(=O)Nc1ccc2c(c1)CNC2.O=CC(F)(F)F. The molecule has 372 valence electrons. The third-order valence-corrected chi connectivity index (χ3v) is 8.64. The van der Waals surface area contributed by atoms with Gasteiger partial charge in [-0.3, -0.25) is 29.0 Å². The van der Waals surface area contributed by atoms with Crippen molar-refractivity contribution in [2.24, 2.45) is 0 Å². The van der Waals surface area contributed by atoms with Gasteiger partial charge in [0.05, 0.1) is 0 Å². The largest absolute Gasteiger partial charge is 0.446 e. The predicted octanol–water partition coefficient (Wildman–Crippen LogP) is 7.70. The van der Waals surface area contributed by atoms with Crippen LogP contribution in [0, 0.1) is 0 Å². The first-order valence-electron chi connectivity index (χ1n) is 20.3. The van der Waals surface area contributed by atoms with Crippen LogP contribution in [-0.2, 0) is 82.1 Å². The van der Waals surface area contributed by atoms with Gasteiger partial charge in [0.2, 0.25) is 23.3 Å². The summed E-state index contributed by atoms with van der Waals surface area (Å²) < 4.78 is 55.8. The number of nitrogen functional groups attached to an aromatic ring is 1. The summed E-state index contributed by atoms with van der Waals surface area (Å²) in [5, 5.41) is 8.33. The van der Waals surface area contributed by atoms with Crippen molar-refractivity contribution in [2.45, 2.75) is 106 Å². The number of amides is 4. The number of carbonyl (C=O) groups excluding carboxylic acids is 6. The highest BCUT2D eigenvalue weighted by atomic mass is 35.5. The number of fused-ring (bicyclic) bond motifs is 3.